The van der Waals surface area contributed by atoms with Crippen molar-refractivity contribution in [3.63, 3.8) is 0 Å². The van der Waals surface area contributed by atoms with Crippen molar-refractivity contribution in [3.05, 3.63) is 70.9 Å². The second-order valence-electron chi connectivity index (χ2n) is 7.48. The van der Waals surface area contributed by atoms with E-state index >= 15 is 0 Å². The van der Waals surface area contributed by atoms with Gasteiger partial charge >= 0.3 is 5.97 Å². The van der Waals surface area contributed by atoms with E-state index in [1.165, 1.54) is 12.0 Å². The van der Waals surface area contributed by atoms with Crippen molar-refractivity contribution < 1.29 is 24.0 Å². The van der Waals surface area contributed by atoms with E-state index in [-0.39, 0.29) is 17.9 Å². The summed E-state index contributed by atoms with van der Waals surface area (Å²) >= 11 is 5.96. The van der Waals surface area contributed by atoms with Crippen LogP contribution in [0.3, 0.4) is 0 Å². The van der Waals surface area contributed by atoms with Crippen molar-refractivity contribution in [1.29, 1.82) is 0 Å². The minimum absolute atomic E-state index is 0.290. The SMILES string of the molecule is COC(=O)[C@@H]1[C@@H]2C(=O)N(c3ccc(Cl)cc3)C(=O)[C@@H]2[C@H]2c3ccccc3C=C[NH+]12. The highest BCUT2D eigenvalue weighted by Gasteiger charge is 2.68. The van der Waals surface area contributed by atoms with E-state index in [1.807, 2.05) is 36.5 Å². The second kappa shape index (κ2) is 6.54. The van der Waals surface area contributed by atoms with Crippen LogP contribution in [0.15, 0.2) is 54.7 Å². The number of quaternary nitrogens is 1. The number of ether oxygens (including phenoxy) is 1. The molecule has 0 radical (unpaired) electrons. The van der Waals surface area contributed by atoms with Crippen molar-refractivity contribution >= 4 is 41.1 Å². The molecule has 146 valence electrons. The summed E-state index contributed by atoms with van der Waals surface area (Å²) in [6, 6.07) is 13.3. The van der Waals surface area contributed by atoms with E-state index in [9.17, 15) is 14.4 Å². The number of esters is 1. The first kappa shape index (κ1) is 18.1. The molecule has 2 aromatic rings. The lowest BCUT2D eigenvalue weighted by molar-refractivity contribution is -0.885. The van der Waals surface area contributed by atoms with Crippen LogP contribution in [-0.4, -0.2) is 30.9 Å². The second-order valence-corrected chi connectivity index (χ2v) is 7.92. The number of rotatable bonds is 2. The van der Waals surface area contributed by atoms with Crippen LogP contribution in [0, 0.1) is 11.8 Å². The van der Waals surface area contributed by atoms with Crippen molar-refractivity contribution in [2.24, 2.45) is 11.8 Å². The molecule has 5 atom stereocenters. The molecule has 3 aliphatic rings. The molecule has 3 aliphatic heterocycles. The van der Waals surface area contributed by atoms with Gasteiger partial charge in [-0.3, -0.25) is 14.5 Å². The summed E-state index contributed by atoms with van der Waals surface area (Å²) in [5.41, 5.74) is 2.42. The number of fused-ring (bicyclic) bond motifs is 5. The maximum Gasteiger partial charge on any atom is 0.365 e. The molecule has 0 bridgehead atoms. The molecule has 1 unspecified atom stereocenters. The molecule has 29 heavy (non-hydrogen) atoms. The van der Waals surface area contributed by atoms with E-state index in [0.29, 0.717) is 10.7 Å². The number of benzene rings is 2. The summed E-state index contributed by atoms with van der Waals surface area (Å²) in [6.07, 6.45) is 3.81. The fourth-order valence-electron chi connectivity index (χ4n) is 4.99. The van der Waals surface area contributed by atoms with Gasteiger partial charge in [0.05, 0.1) is 19.0 Å². The zero-order valence-corrected chi connectivity index (χ0v) is 16.3. The van der Waals surface area contributed by atoms with E-state index in [4.69, 9.17) is 16.3 Å². The number of hydrogen-bond acceptors (Lipinski definition) is 4. The predicted molar refractivity (Wildman–Crippen MR) is 106 cm³/mol. The Balaban J connectivity index is 1.65. The highest BCUT2D eigenvalue weighted by atomic mass is 35.5. The summed E-state index contributed by atoms with van der Waals surface area (Å²) in [5, 5.41) is 0.516. The lowest BCUT2D eigenvalue weighted by Crippen LogP contribution is -3.12. The van der Waals surface area contributed by atoms with E-state index in [0.717, 1.165) is 16.0 Å². The Morgan fingerprint density at radius 3 is 2.45 bits per heavy atom. The number of carbonyl (C=O) groups excluding carboxylic acids is 3. The van der Waals surface area contributed by atoms with Crippen molar-refractivity contribution in [2.45, 2.75) is 12.1 Å². The smallest absolute Gasteiger partial charge is 0.365 e. The normalized spacial score (nSPS) is 29.4. The number of halogens is 1. The Bertz CT molecular complexity index is 1060. The van der Waals surface area contributed by atoms with Gasteiger partial charge < -0.3 is 4.74 Å². The number of hydrogen-bond donors (Lipinski definition) is 1. The third-order valence-corrected chi connectivity index (χ3v) is 6.41. The Morgan fingerprint density at radius 1 is 1.03 bits per heavy atom. The topological polar surface area (TPSA) is 68.1 Å². The molecule has 5 rings (SSSR count). The van der Waals surface area contributed by atoms with E-state index in [1.54, 1.807) is 24.3 Å². The molecular weight excluding hydrogens is 392 g/mol. The molecule has 7 heteroatoms. The average Bonchev–Trinajstić information content (AvgIpc) is 3.21. The van der Waals surface area contributed by atoms with Crippen LogP contribution in [0.25, 0.3) is 6.08 Å². The molecule has 0 aliphatic carbocycles. The Labute approximate surface area is 172 Å². The zero-order chi connectivity index (χ0) is 20.3. The molecule has 1 N–H and O–H groups in total. The summed E-state index contributed by atoms with van der Waals surface area (Å²) in [4.78, 5) is 41.5. The van der Waals surface area contributed by atoms with E-state index in [2.05, 4.69) is 0 Å². The maximum atomic E-state index is 13.5. The molecule has 2 fully saturated rings. The molecule has 2 aromatic carbocycles. The number of amides is 2. The fraction of sp³-hybridized carbons (Fsp3) is 0.227. The third kappa shape index (κ3) is 2.49. The molecule has 0 aromatic heterocycles. The molecule has 2 saturated heterocycles. The van der Waals surface area contributed by atoms with Gasteiger partial charge in [-0.05, 0) is 35.9 Å². The van der Waals surface area contributed by atoms with Crippen LogP contribution >= 0.6 is 11.6 Å². The van der Waals surface area contributed by atoms with Gasteiger partial charge in [0.2, 0.25) is 17.9 Å². The third-order valence-electron chi connectivity index (χ3n) is 6.16. The first-order chi connectivity index (χ1) is 14.0. The Morgan fingerprint density at radius 2 is 1.72 bits per heavy atom. The first-order valence-corrected chi connectivity index (χ1v) is 9.75. The number of carbonyl (C=O) groups is 3. The molecule has 2 amide bonds. The van der Waals surface area contributed by atoms with E-state index < -0.39 is 23.8 Å². The largest absolute Gasteiger partial charge is 0.465 e. The molecule has 0 spiro atoms. The standard InChI is InChI=1S/C22H17ClN2O4/c1-29-22(28)19-17-16(18-15-5-3-2-4-12(15)10-11-24(18)19)20(26)25(21(17)27)14-8-6-13(23)7-9-14/h2-11,16-19H,1H3/p+1/t16-,17+,18+,19-/m0/s1. The fourth-order valence-corrected chi connectivity index (χ4v) is 5.11. The summed E-state index contributed by atoms with van der Waals surface area (Å²) in [7, 11) is 1.31. The minimum Gasteiger partial charge on any atom is -0.465 e. The summed E-state index contributed by atoms with van der Waals surface area (Å²) in [6.45, 7) is 0. The monoisotopic (exact) mass is 409 g/mol. The van der Waals surface area contributed by atoms with Gasteiger partial charge in [0, 0.05) is 10.6 Å². The quantitative estimate of drug-likeness (QED) is 0.604. The highest BCUT2D eigenvalue weighted by molar-refractivity contribution is 6.31. The number of imide groups is 1. The van der Waals surface area contributed by atoms with Crippen LogP contribution in [0.4, 0.5) is 5.69 Å². The summed E-state index contributed by atoms with van der Waals surface area (Å²) < 4.78 is 5.03. The van der Waals surface area contributed by atoms with Gasteiger partial charge in [0.15, 0.2) is 0 Å². The molecular formula is C22H18ClN2O4+. The maximum absolute atomic E-state index is 13.5. The van der Waals surface area contributed by atoms with Crippen LogP contribution in [-0.2, 0) is 19.1 Å². The molecule has 3 heterocycles. The van der Waals surface area contributed by atoms with Crippen molar-refractivity contribution in [3.8, 4) is 0 Å². The van der Waals surface area contributed by atoms with Gasteiger partial charge in [-0.2, -0.15) is 0 Å². The molecule has 0 saturated carbocycles. The van der Waals surface area contributed by atoms with Crippen molar-refractivity contribution in [2.75, 3.05) is 12.0 Å². The van der Waals surface area contributed by atoms with Gasteiger partial charge in [0.25, 0.3) is 0 Å². The number of methoxy groups -OCH3 is 1. The van der Waals surface area contributed by atoms with Crippen LogP contribution in [0.2, 0.25) is 5.02 Å². The van der Waals surface area contributed by atoms with Gasteiger partial charge in [-0.15, -0.1) is 0 Å². The van der Waals surface area contributed by atoms with Crippen LogP contribution in [0.1, 0.15) is 17.2 Å². The Hall–Kier alpha value is -2.96. The minimum atomic E-state index is -0.776. The highest BCUT2D eigenvalue weighted by Crippen LogP contribution is 2.44. The lowest BCUT2D eigenvalue weighted by atomic mass is 9.84. The average molecular weight is 410 g/mol. The number of nitrogens with zero attached hydrogens (tertiary/aromatic N) is 1. The number of anilines is 1. The molecule has 6 nitrogen and oxygen atoms in total. The van der Waals surface area contributed by atoms with Crippen LogP contribution < -0.4 is 9.80 Å². The first-order valence-electron chi connectivity index (χ1n) is 9.38. The Kier molecular flexibility index (Phi) is 4.08. The number of nitrogens with one attached hydrogen (secondary N) is 1. The predicted octanol–water partition coefficient (Wildman–Crippen LogP) is 1.61. The van der Waals surface area contributed by atoms with Gasteiger partial charge in [-0.25, -0.2) is 9.69 Å². The zero-order valence-electron chi connectivity index (χ0n) is 15.5. The van der Waals surface area contributed by atoms with Crippen LogP contribution in [0.5, 0.6) is 0 Å². The summed E-state index contributed by atoms with van der Waals surface area (Å²) in [5.74, 6) is -2.56. The van der Waals surface area contributed by atoms with Gasteiger partial charge in [0.1, 0.15) is 17.9 Å². The van der Waals surface area contributed by atoms with Crippen molar-refractivity contribution in [1.82, 2.24) is 0 Å². The lowest BCUT2D eigenvalue weighted by Gasteiger charge is -2.30. The van der Waals surface area contributed by atoms with Gasteiger partial charge in [-0.1, -0.05) is 35.9 Å².